The highest BCUT2D eigenvalue weighted by Crippen LogP contribution is 2.17. The number of nitrogens with two attached hydrogens (primary N) is 1. The molecule has 1 aromatic carbocycles. The van der Waals surface area contributed by atoms with E-state index in [-0.39, 0.29) is 23.0 Å². The van der Waals surface area contributed by atoms with Crippen molar-refractivity contribution >= 4 is 11.8 Å². The van der Waals surface area contributed by atoms with Crippen LogP contribution in [0.25, 0.3) is 11.3 Å². The Morgan fingerprint density at radius 2 is 1.91 bits per heavy atom. The van der Waals surface area contributed by atoms with Crippen LogP contribution in [0.4, 0.5) is 0 Å². The number of nitrogens with zero attached hydrogens (tertiary/aromatic N) is 3. The van der Waals surface area contributed by atoms with E-state index in [2.05, 4.69) is 15.3 Å². The zero-order valence-electron chi connectivity index (χ0n) is 18.2. The minimum Gasteiger partial charge on any atom is -0.419 e. The van der Waals surface area contributed by atoms with Crippen LogP contribution in [0.3, 0.4) is 0 Å². The Kier molecular flexibility index (Phi) is 7.58. The van der Waals surface area contributed by atoms with Crippen molar-refractivity contribution in [2.45, 2.75) is 26.4 Å². The predicted molar refractivity (Wildman–Crippen MR) is 124 cm³/mol. The molecule has 0 saturated carbocycles. The molecule has 9 nitrogen and oxygen atoms in total. The number of pyridine rings is 1. The summed E-state index contributed by atoms with van der Waals surface area (Å²) in [6, 6.07) is 10.5. The molecule has 0 unspecified atom stereocenters. The second kappa shape index (κ2) is 10.6. The number of aryl methyl sites for hydroxylation is 2. The summed E-state index contributed by atoms with van der Waals surface area (Å²) in [5.41, 5.74) is 9.02. The van der Waals surface area contributed by atoms with E-state index in [1.165, 1.54) is 6.07 Å². The highest BCUT2D eigenvalue weighted by Gasteiger charge is 2.16. The molecule has 5 N–H and O–H groups in total. The second-order valence-electron chi connectivity index (χ2n) is 7.27. The molecule has 0 atom stereocenters. The molecule has 3 aromatic rings. The van der Waals surface area contributed by atoms with Crippen molar-refractivity contribution in [3.63, 3.8) is 0 Å². The Hall–Kier alpha value is -3.69. The lowest BCUT2D eigenvalue weighted by molar-refractivity contribution is 0.534. The van der Waals surface area contributed by atoms with Crippen molar-refractivity contribution in [1.82, 2.24) is 19.9 Å². The lowest BCUT2D eigenvalue weighted by Gasteiger charge is -2.12. The van der Waals surface area contributed by atoms with E-state index in [0.717, 1.165) is 12.1 Å². The molecule has 166 valence electrons. The smallest absolute Gasteiger partial charge is 0.250 e. The molecule has 0 spiro atoms. The molecule has 2 aromatic heterocycles. The molecule has 0 amide bonds. The SMILES string of the molecule is CNCc1ccc(C(=N)OC(=N)c2nc(-c3ccc(=O)n(CCCN)c3)cnc2C)cc1. The molecule has 0 fully saturated rings. The zero-order valence-corrected chi connectivity index (χ0v) is 18.2. The summed E-state index contributed by atoms with van der Waals surface area (Å²) >= 11 is 0. The van der Waals surface area contributed by atoms with Gasteiger partial charge in [-0.3, -0.25) is 20.6 Å². The first-order valence-electron chi connectivity index (χ1n) is 10.3. The first-order valence-corrected chi connectivity index (χ1v) is 10.3. The summed E-state index contributed by atoms with van der Waals surface area (Å²) in [6.07, 6.45) is 3.98. The molecule has 0 saturated heterocycles. The summed E-state index contributed by atoms with van der Waals surface area (Å²) in [5, 5.41) is 19.6. The molecule has 0 bridgehead atoms. The molecular formula is C23H27N7O2. The maximum atomic E-state index is 12.1. The van der Waals surface area contributed by atoms with Gasteiger partial charge in [-0.2, -0.15) is 0 Å². The van der Waals surface area contributed by atoms with Crippen molar-refractivity contribution in [3.8, 4) is 11.3 Å². The van der Waals surface area contributed by atoms with Gasteiger partial charge < -0.3 is 20.4 Å². The van der Waals surface area contributed by atoms with Crippen molar-refractivity contribution in [2.75, 3.05) is 13.6 Å². The van der Waals surface area contributed by atoms with Crippen molar-refractivity contribution in [1.29, 1.82) is 10.8 Å². The van der Waals surface area contributed by atoms with E-state index < -0.39 is 0 Å². The van der Waals surface area contributed by atoms with Crippen LogP contribution in [0.5, 0.6) is 0 Å². The second-order valence-corrected chi connectivity index (χ2v) is 7.27. The van der Waals surface area contributed by atoms with E-state index in [9.17, 15) is 4.79 Å². The van der Waals surface area contributed by atoms with Crippen LogP contribution in [0.2, 0.25) is 0 Å². The highest BCUT2D eigenvalue weighted by atomic mass is 16.5. The Balaban J connectivity index is 1.81. The number of hydrogen-bond donors (Lipinski definition) is 4. The van der Waals surface area contributed by atoms with Gasteiger partial charge in [0.1, 0.15) is 5.69 Å². The summed E-state index contributed by atoms with van der Waals surface area (Å²) in [4.78, 5) is 20.9. The van der Waals surface area contributed by atoms with Crippen LogP contribution in [-0.4, -0.2) is 39.9 Å². The standard InChI is InChI=1S/C23H27N7O2/c1-15-21(23(26)32-22(25)17-6-4-16(5-7-17)12-27-2)29-19(13-28-15)18-8-9-20(31)30(14-18)11-3-10-24/h4-9,13-14,25-27H,3,10-12,24H2,1-2H3. The average molecular weight is 434 g/mol. The lowest BCUT2D eigenvalue weighted by atomic mass is 10.1. The first-order chi connectivity index (χ1) is 15.4. The van der Waals surface area contributed by atoms with E-state index in [1.54, 1.807) is 42.1 Å². The van der Waals surface area contributed by atoms with Gasteiger partial charge in [0.25, 0.3) is 5.56 Å². The third kappa shape index (κ3) is 5.51. The number of aromatic nitrogens is 3. The Bertz CT molecular complexity index is 1170. The lowest BCUT2D eigenvalue weighted by Crippen LogP contribution is -2.20. The van der Waals surface area contributed by atoms with E-state index in [1.807, 2.05) is 19.2 Å². The fourth-order valence-corrected chi connectivity index (χ4v) is 3.11. The van der Waals surface area contributed by atoms with Gasteiger partial charge >= 0.3 is 0 Å². The zero-order chi connectivity index (χ0) is 23.1. The average Bonchev–Trinajstić information content (AvgIpc) is 2.79. The number of rotatable bonds is 8. The molecule has 0 aliphatic rings. The molecule has 0 aliphatic carbocycles. The van der Waals surface area contributed by atoms with Gasteiger partial charge in [0.05, 0.1) is 17.6 Å². The maximum Gasteiger partial charge on any atom is 0.250 e. The molecule has 0 radical (unpaired) electrons. The van der Waals surface area contributed by atoms with Crippen LogP contribution in [0, 0.1) is 17.7 Å². The maximum absolute atomic E-state index is 12.1. The van der Waals surface area contributed by atoms with Gasteiger partial charge in [0, 0.05) is 36.5 Å². The molecule has 9 heteroatoms. The van der Waals surface area contributed by atoms with Crippen LogP contribution >= 0.6 is 0 Å². The largest absolute Gasteiger partial charge is 0.419 e. The molecule has 0 aliphatic heterocycles. The monoisotopic (exact) mass is 433 g/mol. The normalized spacial score (nSPS) is 10.7. The Labute approximate surface area is 186 Å². The van der Waals surface area contributed by atoms with Crippen LogP contribution in [0.1, 0.15) is 28.9 Å². The van der Waals surface area contributed by atoms with Crippen molar-refractivity contribution in [3.05, 3.63) is 81.7 Å². The molecular weight excluding hydrogens is 406 g/mol. The number of hydrogen-bond acceptors (Lipinski definition) is 8. The molecule has 32 heavy (non-hydrogen) atoms. The molecule has 3 rings (SSSR count). The van der Waals surface area contributed by atoms with Crippen LogP contribution < -0.4 is 16.6 Å². The summed E-state index contributed by atoms with van der Waals surface area (Å²) in [5.74, 6) is -0.412. The van der Waals surface area contributed by atoms with Gasteiger partial charge in [-0.25, -0.2) is 4.98 Å². The fourth-order valence-electron chi connectivity index (χ4n) is 3.11. The number of benzene rings is 1. The van der Waals surface area contributed by atoms with E-state index in [4.69, 9.17) is 21.3 Å². The summed E-state index contributed by atoms with van der Waals surface area (Å²) in [6.45, 7) is 3.45. The summed E-state index contributed by atoms with van der Waals surface area (Å²) in [7, 11) is 1.87. The topological polar surface area (TPSA) is 143 Å². The summed E-state index contributed by atoms with van der Waals surface area (Å²) < 4.78 is 7.05. The van der Waals surface area contributed by atoms with Crippen LogP contribution in [-0.2, 0) is 17.8 Å². The van der Waals surface area contributed by atoms with Gasteiger partial charge in [-0.05, 0) is 50.7 Å². The van der Waals surface area contributed by atoms with Gasteiger partial charge in [-0.15, -0.1) is 0 Å². The fraction of sp³-hybridized carbons (Fsp3) is 0.261. The van der Waals surface area contributed by atoms with Gasteiger partial charge in [0.15, 0.2) is 0 Å². The third-order valence-electron chi connectivity index (χ3n) is 4.85. The van der Waals surface area contributed by atoms with E-state index in [0.29, 0.717) is 42.0 Å². The van der Waals surface area contributed by atoms with Gasteiger partial charge in [-0.1, -0.05) is 12.1 Å². The van der Waals surface area contributed by atoms with Crippen molar-refractivity contribution in [2.24, 2.45) is 5.73 Å². The third-order valence-corrected chi connectivity index (χ3v) is 4.85. The van der Waals surface area contributed by atoms with Gasteiger partial charge in [0.2, 0.25) is 11.8 Å². The minimum atomic E-state index is -0.266. The quantitative estimate of drug-likeness (QED) is 0.316. The first kappa shape index (κ1) is 23.0. The Morgan fingerprint density at radius 3 is 2.59 bits per heavy atom. The van der Waals surface area contributed by atoms with Crippen molar-refractivity contribution < 1.29 is 4.74 Å². The number of ether oxygens (including phenoxy) is 1. The number of nitrogens with one attached hydrogen (secondary N) is 3. The Morgan fingerprint density at radius 1 is 1.16 bits per heavy atom. The van der Waals surface area contributed by atoms with Crippen LogP contribution in [0.15, 0.2) is 53.6 Å². The molecule has 2 heterocycles. The predicted octanol–water partition coefficient (Wildman–Crippen LogP) is 2.05. The van der Waals surface area contributed by atoms with E-state index >= 15 is 0 Å². The minimum absolute atomic E-state index is 0.118. The highest BCUT2D eigenvalue weighted by molar-refractivity contribution is 6.04.